The second kappa shape index (κ2) is 4.55. The maximum Gasteiger partial charge on any atom is 0.328 e. The van der Waals surface area contributed by atoms with Gasteiger partial charge >= 0.3 is 5.97 Å². The average Bonchev–Trinajstić information content (AvgIpc) is 2.71. The summed E-state index contributed by atoms with van der Waals surface area (Å²) in [5, 5.41) is 9.23. The molecule has 2 rings (SSSR count). The van der Waals surface area contributed by atoms with E-state index in [1.54, 1.807) is 6.20 Å². The Morgan fingerprint density at radius 1 is 1.29 bits per heavy atom. The van der Waals surface area contributed by atoms with E-state index < -0.39 is 5.97 Å². The number of hydrogen-bond acceptors (Lipinski definition) is 2. The highest BCUT2D eigenvalue weighted by Gasteiger charge is 2.11. The molecule has 0 bridgehead atoms. The maximum absolute atomic E-state index is 11.8. The molecule has 17 heavy (non-hydrogen) atoms. The van der Waals surface area contributed by atoms with E-state index in [0.29, 0.717) is 5.56 Å². The number of carbonyl (C=O) groups is 2. The predicted molar refractivity (Wildman–Crippen MR) is 67.1 cm³/mol. The SMILES string of the molecule is O=C(O)/C=C/C(=O)c1c[nH]c2cccc(Br)c12. The number of fused-ring (bicyclic) bond motifs is 1. The first-order valence-corrected chi connectivity index (χ1v) is 5.60. The Balaban J connectivity index is 2.49. The van der Waals surface area contributed by atoms with Crippen LogP contribution in [0.3, 0.4) is 0 Å². The molecule has 0 atom stereocenters. The number of carbonyl (C=O) groups excluding carboxylic acids is 1. The molecular weight excluding hydrogens is 286 g/mol. The summed E-state index contributed by atoms with van der Waals surface area (Å²) >= 11 is 3.36. The van der Waals surface area contributed by atoms with Crippen molar-refractivity contribution >= 4 is 38.6 Å². The van der Waals surface area contributed by atoms with Crippen molar-refractivity contribution in [1.29, 1.82) is 0 Å². The third kappa shape index (κ3) is 2.29. The van der Waals surface area contributed by atoms with Crippen LogP contribution in [0, 0.1) is 0 Å². The van der Waals surface area contributed by atoms with Crippen molar-refractivity contribution in [2.24, 2.45) is 0 Å². The zero-order valence-corrected chi connectivity index (χ0v) is 10.2. The summed E-state index contributed by atoms with van der Waals surface area (Å²) in [6, 6.07) is 5.52. The molecule has 0 saturated heterocycles. The lowest BCUT2D eigenvalue weighted by molar-refractivity contribution is -0.131. The quantitative estimate of drug-likeness (QED) is 0.675. The van der Waals surface area contributed by atoms with Crippen LogP contribution in [0.15, 0.2) is 41.0 Å². The minimum atomic E-state index is -1.14. The first-order chi connectivity index (χ1) is 8.09. The lowest BCUT2D eigenvalue weighted by atomic mass is 10.1. The summed E-state index contributed by atoms with van der Waals surface area (Å²) in [4.78, 5) is 25.1. The smallest absolute Gasteiger partial charge is 0.328 e. The number of H-pyrrole nitrogens is 1. The molecule has 2 aromatic rings. The summed E-state index contributed by atoms with van der Waals surface area (Å²) in [5.74, 6) is -1.48. The van der Waals surface area contributed by atoms with Crippen molar-refractivity contribution in [2.75, 3.05) is 0 Å². The van der Waals surface area contributed by atoms with Crippen molar-refractivity contribution in [3.63, 3.8) is 0 Å². The van der Waals surface area contributed by atoms with E-state index in [4.69, 9.17) is 5.11 Å². The van der Waals surface area contributed by atoms with E-state index in [0.717, 1.165) is 27.5 Å². The molecule has 0 aliphatic carbocycles. The normalized spacial score (nSPS) is 11.1. The van der Waals surface area contributed by atoms with Gasteiger partial charge in [0.2, 0.25) is 0 Å². The minimum absolute atomic E-state index is 0.342. The molecule has 0 amide bonds. The molecule has 1 aromatic carbocycles. The Morgan fingerprint density at radius 3 is 2.76 bits per heavy atom. The lowest BCUT2D eigenvalue weighted by Crippen LogP contribution is -1.95. The average molecular weight is 294 g/mol. The summed E-state index contributed by atoms with van der Waals surface area (Å²) < 4.78 is 0.795. The number of aromatic nitrogens is 1. The number of carboxylic acids is 1. The number of aliphatic carboxylic acids is 1. The number of allylic oxidation sites excluding steroid dienone is 1. The first-order valence-electron chi connectivity index (χ1n) is 4.80. The number of carboxylic acid groups (broad SMARTS) is 1. The van der Waals surface area contributed by atoms with Crippen LogP contribution in [0.5, 0.6) is 0 Å². The zero-order chi connectivity index (χ0) is 12.4. The molecule has 0 aliphatic heterocycles. The standard InChI is InChI=1S/C12H8BrNO3/c13-8-2-1-3-9-12(8)7(6-14-9)10(15)4-5-11(16)17/h1-6,14H,(H,16,17)/b5-4+. The molecule has 1 aromatic heterocycles. The van der Waals surface area contributed by atoms with Gasteiger partial charge in [-0.2, -0.15) is 0 Å². The summed E-state index contributed by atoms with van der Waals surface area (Å²) in [6.07, 6.45) is 3.45. The molecule has 86 valence electrons. The molecule has 5 heteroatoms. The fraction of sp³-hybridized carbons (Fsp3) is 0. The Bertz CT molecular complexity index is 628. The molecule has 4 nitrogen and oxygen atoms in total. The second-order valence-corrected chi connectivity index (χ2v) is 4.25. The monoisotopic (exact) mass is 293 g/mol. The van der Waals surface area contributed by atoms with Crippen LogP contribution >= 0.6 is 15.9 Å². The first kappa shape index (κ1) is 11.6. The van der Waals surface area contributed by atoms with Gasteiger partial charge in [0.25, 0.3) is 0 Å². The Hall–Kier alpha value is -1.88. The number of aromatic amines is 1. The van der Waals surface area contributed by atoms with Crippen LogP contribution in [-0.4, -0.2) is 21.8 Å². The van der Waals surface area contributed by atoms with E-state index in [-0.39, 0.29) is 5.78 Å². The molecular formula is C12H8BrNO3. The van der Waals surface area contributed by atoms with Gasteiger partial charge in [0.05, 0.1) is 0 Å². The highest BCUT2D eigenvalue weighted by Crippen LogP contribution is 2.27. The maximum atomic E-state index is 11.8. The van der Waals surface area contributed by atoms with Gasteiger partial charge in [-0.15, -0.1) is 0 Å². The fourth-order valence-corrected chi connectivity index (χ4v) is 2.15. The van der Waals surface area contributed by atoms with E-state index in [9.17, 15) is 9.59 Å². The number of rotatable bonds is 3. The molecule has 0 saturated carbocycles. The van der Waals surface area contributed by atoms with Crippen LogP contribution < -0.4 is 0 Å². The van der Waals surface area contributed by atoms with Crippen LogP contribution in [0.4, 0.5) is 0 Å². The van der Waals surface area contributed by atoms with Gasteiger partial charge in [-0.05, 0) is 18.2 Å². The van der Waals surface area contributed by atoms with Crippen molar-refractivity contribution in [3.8, 4) is 0 Å². The molecule has 0 spiro atoms. The lowest BCUT2D eigenvalue weighted by Gasteiger charge is -1.96. The van der Waals surface area contributed by atoms with Gasteiger partial charge in [-0.25, -0.2) is 4.79 Å². The van der Waals surface area contributed by atoms with Crippen LogP contribution in [0.2, 0.25) is 0 Å². The van der Waals surface area contributed by atoms with Crippen molar-refractivity contribution in [3.05, 3.63) is 46.6 Å². The van der Waals surface area contributed by atoms with Crippen molar-refractivity contribution < 1.29 is 14.7 Å². The van der Waals surface area contributed by atoms with Gasteiger partial charge in [-0.1, -0.05) is 22.0 Å². The molecule has 2 N–H and O–H groups in total. The van der Waals surface area contributed by atoms with Crippen molar-refractivity contribution in [1.82, 2.24) is 4.98 Å². The van der Waals surface area contributed by atoms with Crippen LogP contribution in [0.1, 0.15) is 10.4 Å². The topological polar surface area (TPSA) is 70.2 Å². The van der Waals surface area contributed by atoms with Gasteiger partial charge in [0.15, 0.2) is 5.78 Å². The van der Waals surface area contributed by atoms with E-state index in [1.165, 1.54) is 0 Å². The van der Waals surface area contributed by atoms with Crippen LogP contribution in [0.25, 0.3) is 10.9 Å². The van der Waals surface area contributed by atoms with Crippen LogP contribution in [-0.2, 0) is 4.79 Å². The third-order valence-electron chi connectivity index (χ3n) is 2.30. The number of nitrogens with one attached hydrogen (secondary N) is 1. The van der Waals surface area contributed by atoms with Crippen molar-refractivity contribution in [2.45, 2.75) is 0 Å². The van der Waals surface area contributed by atoms with Gasteiger partial charge in [0, 0.05) is 33.2 Å². The minimum Gasteiger partial charge on any atom is -0.478 e. The highest BCUT2D eigenvalue weighted by atomic mass is 79.9. The Morgan fingerprint density at radius 2 is 2.06 bits per heavy atom. The number of halogens is 1. The molecule has 0 unspecified atom stereocenters. The molecule has 0 aliphatic rings. The largest absolute Gasteiger partial charge is 0.478 e. The third-order valence-corrected chi connectivity index (χ3v) is 2.96. The second-order valence-electron chi connectivity index (χ2n) is 3.40. The van der Waals surface area contributed by atoms with Gasteiger partial charge in [0.1, 0.15) is 0 Å². The fourth-order valence-electron chi connectivity index (χ4n) is 1.57. The van der Waals surface area contributed by atoms with E-state index in [2.05, 4.69) is 20.9 Å². The Labute approximate surface area is 105 Å². The molecule has 0 fully saturated rings. The van der Waals surface area contributed by atoms with Gasteiger partial charge in [-0.3, -0.25) is 4.79 Å². The Kier molecular flexibility index (Phi) is 3.10. The van der Waals surface area contributed by atoms with E-state index >= 15 is 0 Å². The number of ketones is 1. The summed E-state index contributed by atoms with van der Waals surface area (Å²) in [5.41, 5.74) is 1.27. The van der Waals surface area contributed by atoms with E-state index in [1.807, 2.05) is 18.2 Å². The highest BCUT2D eigenvalue weighted by molar-refractivity contribution is 9.10. The zero-order valence-electron chi connectivity index (χ0n) is 8.61. The summed E-state index contributed by atoms with van der Waals surface area (Å²) in [6.45, 7) is 0. The summed E-state index contributed by atoms with van der Waals surface area (Å²) in [7, 11) is 0. The number of benzene rings is 1. The van der Waals surface area contributed by atoms with Gasteiger partial charge < -0.3 is 10.1 Å². The number of hydrogen-bond donors (Lipinski definition) is 2. The molecule has 1 heterocycles. The molecule has 0 radical (unpaired) electrons. The predicted octanol–water partition coefficient (Wildman–Crippen LogP) is 2.75.